The van der Waals surface area contributed by atoms with E-state index < -0.39 is 0 Å². The van der Waals surface area contributed by atoms with Crippen molar-refractivity contribution in [3.05, 3.63) is 71.8 Å². The molecule has 130 valence electrons. The molecule has 2 heterocycles. The minimum atomic E-state index is 0.0211. The lowest BCUT2D eigenvalue weighted by Crippen LogP contribution is -2.47. The molecular weight excluding hydrogens is 308 g/mol. The monoisotopic (exact) mass is 334 g/mol. The lowest BCUT2D eigenvalue weighted by molar-refractivity contribution is -0.134. The number of carbonyl (C=O) groups is 1. The maximum atomic E-state index is 13.1. The summed E-state index contributed by atoms with van der Waals surface area (Å²) in [6.45, 7) is 1.85. The fourth-order valence-corrected chi connectivity index (χ4v) is 4.47. The fraction of sp³-hybridized carbons (Fsp3) is 0.409. The number of amides is 1. The molecule has 1 amide bonds. The Morgan fingerprint density at radius 3 is 2.12 bits per heavy atom. The molecule has 0 aliphatic carbocycles. The van der Waals surface area contributed by atoms with E-state index >= 15 is 0 Å². The number of hydrogen-bond acceptors (Lipinski definition) is 2. The second-order valence-corrected chi connectivity index (χ2v) is 7.19. The first-order chi connectivity index (χ1) is 12.3. The van der Waals surface area contributed by atoms with Gasteiger partial charge in [0, 0.05) is 18.5 Å². The maximum Gasteiger partial charge on any atom is 0.239 e. The van der Waals surface area contributed by atoms with Crippen molar-refractivity contribution >= 4 is 5.91 Å². The Morgan fingerprint density at radius 1 is 0.920 bits per heavy atom. The summed E-state index contributed by atoms with van der Waals surface area (Å²) in [6, 6.07) is 21.6. The third kappa shape index (κ3) is 3.34. The summed E-state index contributed by atoms with van der Waals surface area (Å²) in [4.78, 5) is 15.2. The van der Waals surface area contributed by atoms with Crippen LogP contribution in [0.2, 0.25) is 0 Å². The Balaban J connectivity index is 1.67. The zero-order valence-electron chi connectivity index (χ0n) is 14.6. The van der Waals surface area contributed by atoms with E-state index in [0.717, 1.165) is 38.8 Å². The van der Waals surface area contributed by atoms with Crippen LogP contribution < -0.4 is 5.32 Å². The van der Waals surface area contributed by atoms with Crippen molar-refractivity contribution in [2.75, 3.05) is 13.1 Å². The van der Waals surface area contributed by atoms with Crippen LogP contribution in [-0.2, 0) is 4.79 Å². The van der Waals surface area contributed by atoms with Crippen molar-refractivity contribution in [1.82, 2.24) is 10.2 Å². The van der Waals surface area contributed by atoms with Gasteiger partial charge >= 0.3 is 0 Å². The van der Waals surface area contributed by atoms with E-state index in [-0.39, 0.29) is 18.0 Å². The fourth-order valence-electron chi connectivity index (χ4n) is 4.47. The number of likely N-dealkylation sites (tertiary alicyclic amines) is 1. The van der Waals surface area contributed by atoms with Crippen LogP contribution in [0.25, 0.3) is 0 Å². The van der Waals surface area contributed by atoms with E-state index in [9.17, 15) is 4.79 Å². The van der Waals surface area contributed by atoms with Crippen molar-refractivity contribution in [3.8, 4) is 0 Å². The standard InChI is InChI=1S/C22H26N2O/c25-22(19-13-7-15-23-19)24-16-8-14-20(24)21(17-9-3-1-4-10-17)18-11-5-2-6-12-18/h1-6,9-12,19-21,23H,7-8,13-16H2/t19-,20-/m0/s1. The average Bonchev–Trinajstić information content (AvgIpc) is 3.36. The van der Waals surface area contributed by atoms with Gasteiger partial charge < -0.3 is 10.2 Å². The van der Waals surface area contributed by atoms with Crippen LogP contribution in [0.4, 0.5) is 0 Å². The van der Waals surface area contributed by atoms with Crippen LogP contribution in [0.1, 0.15) is 42.7 Å². The third-order valence-electron chi connectivity index (χ3n) is 5.64. The van der Waals surface area contributed by atoms with Gasteiger partial charge in [-0.05, 0) is 43.4 Å². The molecule has 2 aromatic carbocycles. The second kappa shape index (κ2) is 7.40. The van der Waals surface area contributed by atoms with Gasteiger partial charge in [-0.15, -0.1) is 0 Å². The van der Waals surface area contributed by atoms with Gasteiger partial charge in [0.2, 0.25) is 5.91 Å². The molecule has 2 atom stereocenters. The van der Waals surface area contributed by atoms with E-state index in [1.807, 2.05) is 0 Å². The number of carbonyl (C=O) groups excluding carboxylic acids is 1. The Morgan fingerprint density at radius 2 is 1.56 bits per heavy atom. The van der Waals surface area contributed by atoms with Crippen LogP contribution >= 0.6 is 0 Å². The predicted molar refractivity (Wildman–Crippen MR) is 100 cm³/mol. The molecule has 2 aliphatic rings. The SMILES string of the molecule is O=C([C@@H]1CCCN1)N1CCC[C@H]1C(c1ccccc1)c1ccccc1. The Bertz CT molecular complexity index is 655. The molecule has 2 saturated heterocycles. The van der Waals surface area contributed by atoms with Gasteiger partial charge in [-0.3, -0.25) is 4.79 Å². The van der Waals surface area contributed by atoms with Crippen molar-refractivity contribution in [3.63, 3.8) is 0 Å². The lowest BCUT2D eigenvalue weighted by Gasteiger charge is -2.34. The first-order valence-corrected chi connectivity index (χ1v) is 9.48. The molecule has 2 aromatic rings. The van der Waals surface area contributed by atoms with Crippen LogP contribution in [0, 0.1) is 0 Å². The maximum absolute atomic E-state index is 13.1. The molecule has 0 spiro atoms. The van der Waals surface area contributed by atoms with E-state index in [0.29, 0.717) is 5.91 Å². The van der Waals surface area contributed by atoms with E-state index in [1.165, 1.54) is 11.1 Å². The lowest BCUT2D eigenvalue weighted by atomic mass is 9.83. The smallest absolute Gasteiger partial charge is 0.239 e. The van der Waals surface area contributed by atoms with E-state index in [2.05, 4.69) is 70.9 Å². The summed E-state index contributed by atoms with van der Waals surface area (Å²) in [5.74, 6) is 0.548. The summed E-state index contributed by atoms with van der Waals surface area (Å²) in [5.41, 5.74) is 2.61. The van der Waals surface area contributed by atoms with Gasteiger partial charge in [-0.25, -0.2) is 0 Å². The highest BCUT2D eigenvalue weighted by Gasteiger charge is 2.39. The number of benzene rings is 2. The Labute approximate surface area is 150 Å². The summed E-state index contributed by atoms with van der Waals surface area (Å²) in [6.07, 6.45) is 4.26. The van der Waals surface area contributed by atoms with Crippen LogP contribution in [-0.4, -0.2) is 36.0 Å². The minimum Gasteiger partial charge on any atom is -0.337 e. The molecule has 3 heteroatoms. The molecule has 2 aliphatic heterocycles. The van der Waals surface area contributed by atoms with Gasteiger partial charge in [-0.2, -0.15) is 0 Å². The third-order valence-corrected chi connectivity index (χ3v) is 5.64. The first kappa shape index (κ1) is 16.3. The number of hydrogen-bond donors (Lipinski definition) is 1. The molecule has 3 nitrogen and oxygen atoms in total. The quantitative estimate of drug-likeness (QED) is 0.927. The van der Waals surface area contributed by atoms with Crippen molar-refractivity contribution in [1.29, 1.82) is 0 Å². The predicted octanol–water partition coefficient (Wildman–Crippen LogP) is 3.56. The molecule has 2 fully saturated rings. The number of nitrogens with zero attached hydrogens (tertiary/aromatic N) is 1. The molecular formula is C22H26N2O. The molecule has 0 radical (unpaired) electrons. The molecule has 1 N–H and O–H groups in total. The zero-order chi connectivity index (χ0) is 17.1. The molecule has 0 unspecified atom stereocenters. The van der Waals surface area contributed by atoms with Gasteiger partial charge in [0.15, 0.2) is 0 Å². The van der Waals surface area contributed by atoms with Gasteiger partial charge in [-0.1, -0.05) is 60.7 Å². The van der Waals surface area contributed by atoms with Gasteiger partial charge in [0.25, 0.3) is 0 Å². The zero-order valence-corrected chi connectivity index (χ0v) is 14.6. The Hall–Kier alpha value is -2.13. The van der Waals surface area contributed by atoms with Crippen LogP contribution in [0.3, 0.4) is 0 Å². The van der Waals surface area contributed by atoms with Crippen LogP contribution in [0.5, 0.6) is 0 Å². The Kier molecular flexibility index (Phi) is 4.84. The van der Waals surface area contributed by atoms with Crippen molar-refractivity contribution < 1.29 is 4.79 Å². The number of rotatable bonds is 4. The van der Waals surface area contributed by atoms with Crippen LogP contribution in [0.15, 0.2) is 60.7 Å². The molecule has 0 saturated carbocycles. The van der Waals surface area contributed by atoms with E-state index in [4.69, 9.17) is 0 Å². The topological polar surface area (TPSA) is 32.3 Å². The summed E-state index contributed by atoms with van der Waals surface area (Å²) in [7, 11) is 0. The van der Waals surface area contributed by atoms with E-state index in [1.54, 1.807) is 0 Å². The first-order valence-electron chi connectivity index (χ1n) is 9.48. The normalized spacial score (nSPS) is 23.3. The summed E-state index contributed by atoms with van der Waals surface area (Å²) >= 11 is 0. The minimum absolute atomic E-state index is 0.0211. The van der Waals surface area contributed by atoms with Gasteiger partial charge in [0.05, 0.1) is 6.04 Å². The average molecular weight is 334 g/mol. The highest BCUT2D eigenvalue weighted by molar-refractivity contribution is 5.83. The summed E-state index contributed by atoms with van der Waals surface area (Å²) < 4.78 is 0. The molecule has 4 rings (SSSR count). The highest BCUT2D eigenvalue weighted by atomic mass is 16.2. The number of nitrogens with one attached hydrogen (secondary N) is 1. The molecule has 0 bridgehead atoms. The largest absolute Gasteiger partial charge is 0.337 e. The summed E-state index contributed by atoms with van der Waals surface area (Å²) in [5, 5.41) is 3.38. The van der Waals surface area contributed by atoms with Gasteiger partial charge in [0.1, 0.15) is 0 Å². The highest BCUT2D eigenvalue weighted by Crippen LogP contribution is 2.37. The van der Waals surface area contributed by atoms with Crippen molar-refractivity contribution in [2.45, 2.75) is 43.7 Å². The van der Waals surface area contributed by atoms with Crippen molar-refractivity contribution in [2.24, 2.45) is 0 Å². The molecule has 0 aromatic heterocycles. The molecule has 25 heavy (non-hydrogen) atoms. The second-order valence-electron chi connectivity index (χ2n) is 7.19.